The summed E-state index contributed by atoms with van der Waals surface area (Å²) in [6.45, 7) is 3.42. The average Bonchev–Trinajstić information content (AvgIpc) is 3.21. The van der Waals surface area contributed by atoms with Crippen LogP contribution in [-0.4, -0.2) is 9.97 Å². The van der Waals surface area contributed by atoms with Gasteiger partial charge in [0.25, 0.3) is 0 Å². The summed E-state index contributed by atoms with van der Waals surface area (Å²) in [5.74, 6) is 0. The summed E-state index contributed by atoms with van der Waals surface area (Å²) in [6, 6.07) is 20.8. The summed E-state index contributed by atoms with van der Waals surface area (Å²) in [4.78, 5) is 8.84. The largest absolute Gasteiger partial charge is 0.437 e. The van der Waals surface area contributed by atoms with Gasteiger partial charge in [0.1, 0.15) is 5.58 Å². The maximum Gasteiger partial charge on any atom is 0.227 e. The molecule has 3 nitrogen and oxygen atoms in total. The summed E-state index contributed by atoms with van der Waals surface area (Å²) in [5.41, 5.74) is 4.78. The van der Waals surface area contributed by atoms with Gasteiger partial charge in [0.05, 0.1) is 5.69 Å². The third-order valence-corrected chi connectivity index (χ3v) is 5.35. The van der Waals surface area contributed by atoms with Crippen molar-refractivity contribution in [1.29, 1.82) is 0 Å². The van der Waals surface area contributed by atoms with Crippen LogP contribution < -0.4 is 0 Å². The molecule has 5 rings (SSSR count). The van der Waals surface area contributed by atoms with Gasteiger partial charge < -0.3 is 4.42 Å². The van der Waals surface area contributed by atoms with E-state index in [0.29, 0.717) is 23.3 Å². The van der Waals surface area contributed by atoms with Crippen LogP contribution in [0, 0.1) is 12.3 Å². The van der Waals surface area contributed by atoms with Crippen molar-refractivity contribution in [2.24, 2.45) is 5.41 Å². The topological polar surface area (TPSA) is 38.9 Å². The Kier molecular flexibility index (Phi) is 3.79. The van der Waals surface area contributed by atoms with Gasteiger partial charge in [-0.3, -0.25) is 4.98 Å². The highest BCUT2D eigenvalue weighted by Gasteiger charge is 2.14. The third-order valence-electron chi connectivity index (χ3n) is 5.35. The van der Waals surface area contributed by atoms with E-state index in [1.807, 2.05) is 75.4 Å². The standard InChI is InChI=1S/C29H28N2O/c1-19-8-13-24-23-6-5-7-25(27(23)32-28(24)31-19)26-17-22(14-15-30-26)16-20-9-11-21(12-10-20)18-29(2,3)4/h5-15,17H,16,18H2,1-4H3/i1D3,18D2. The molecule has 0 amide bonds. The zero-order valence-corrected chi connectivity index (χ0v) is 18.4. The van der Waals surface area contributed by atoms with E-state index in [2.05, 4.69) is 9.97 Å². The molecule has 0 aliphatic heterocycles. The van der Waals surface area contributed by atoms with Crippen molar-refractivity contribution in [2.45, 2.75) is 40.4 Å². The number of pyridine rings is 2. The van der Waals surface area contributed by atoms with E-state index in [1.165, 1.54) is 6.07 Å². The molecule has 3 heterocycles. The van der Waals surface area contributed by atoms with Crippen molar-refractivity contribution >= 4 is 22.1 Å². The maximum atomic E-state index is 8.50. The van der Waals surface area contributed by atoms with Crippen LogP contribution in [0.15, 0.2) is 77.3 Å². The molecule has 0 aliphatic carbocycles. The molecule has 2 aromatic carbocycles. The second-order valence-corrected chi connectivity index (χ2v) is 9.13. The van der Waals surface area contributed by atoms with Gasteiger partial charge in [-0.05, 0) is 72.1 Å². The summed E-state index contributed by atoms with van der Waals surface area (Å²) < 4.78 is 46.0. The van der Waals surface area contributed by atoms with Crippen molar-refractivity contribution in [1.82, 2.24) is 9.97 Å². The molecule has 5 aromatic rings. The number of rotatable bonds is 4. The van der Waals surface area contributed by atoms with Gasteiger partial charge in [-0.1, -0.05) is 57.2 Å². The Morgan fingerprint density at radius 1 is 0.906 bits per heavy atom. The van der Waals surface area contributed by atoms with E-state index in [-0.39, 0.29) is 5.69 Å². The Morgan fingerprint density at radius 2 is 1.72 bits per heavy atom. The van der Waals surface area contributed by atoms with Crippen molar-refractivity contribution in [3.63, 3.8) is 0 Å². The fraction of sp³-hybridized carbons (Fsp3) is 0.241. The van der Waals surface area contributed by atoms with Crippen molar-refractivity contribution in [3.05, 3.63) is 95.3 Å². The van der Waals surface area contributed by atoms with E-state index in [1.54, 1.807) is 12.3 Å². The van der Waals surface area contributed by atoms with Crippen LogP contribution in [0.1, 0.15) is 50.0 Å². The number of para-hydroxylation sites is 1. The number of aromatic nitrogens is 2. The zero-order valence-electron chi connectivity index (χ0n) is 23.4. The van der Waals surface area contributed by atoms with Crippen LogP contribution in [0.5, 0.6) is 0 Å². The highest BCUT2D eigenvalue weighted by Crippen LogP contribution is 2.34. The van der Waals surface area contributed by atoms with Gasteiger partial charge in [-0.2, -0.15) is 0 Å². The van der Waals surface area contributed by atoms with Gasteiger partial charge in [0.2, 0.25) is 5.71 Å². The van der Waals surface area contributed by atoms with E-state index in [0.717, 1.165) is 33.2 Å². The fourth-order valence-corrected chi connectivity index (χ4v) is 3.99. The van der Waals surface area contributed by atoms with Crippen LogP contribution in [-0.2, 0) is 12.8 Å². The lowest BCUT2D eigenvalue weighted by atomic mass is 9.88. The lowest BCUT2D eigenvalue weighted by molar-refractivity contribution is 0.411. The molecular formula is C29H28N2O. The Hall–Kier alpha value is -3.46. The Morgan fingerprint density at radius 3 is 2.50 bits per heavy atom. The van der Waals surface area contributed by atoms with Crippen LogP contribution >= 0.6 is 0 Å². The van der Waals surface area contributed by atoms with Crippen LogP contribution in [0.2, 0.25) is 0 Å². The molecule has 0 radical (unpaired) electrons. The first-order valence-electron chi connectivity index (χ1n) is 13.2. The first-order chi connectivity index (χ1) is 17.3. The first kappa shape index (κ1) is 15.4. The summed E-state index contributed by atoms with van der Waals surface area (Å²) in [6.07, 6.45) is 1.01. The van der Waals surface area contributed by atoms with Crippen LogP contribution in [0.25, 0.3) is 33.3 Å². The molecule has 0 aliphatic rings. The van der Waals surface area contributed by atoms with Crippen molar-refractivity contribution in [2.75, 3.05) is 0 Å². The molecule has 0 atom stereocenters. The quantitative estimate of drug-likeness (QED) is 0.299. The van der Waals surface area contributed by atoms with E-state index in [9.17, 15) is 0 Å². The third kappa shape index (κ3) is 4.16. The number of furan rings is 1. The predicted octanol–water partition coefficient (Wildman–Crippen LogP) is 7.53. The minimum Gasteiger partial charge on any atom is -0.437 e. The minimum absolute atomic E-state index is 0.00215. The molecule has 0 fully saturated rings. The average molecular weight is 426 g/mol. The Balaban J connectivity index is 1.48. The summed E-state index contributed by atoms with van der Waals surface area (Å²) >= 11 is 0. The Labute approximate surface area is 196 Å². The molecule has 3 aromatic heterocycles. The van der Waals surface area contributed by atoms with Gasteiger partial charge in [0.15, 0.2) is 0 Å². The normalized spacial score (nSPS) is 15.2. The molecule has 0 unspecified atom stereocenters. The lowest BCUT2D eigenvalue weighted by Crippen LogP contribution is -2.08. The smallest absolute Gasteiger partial charge is 0.227 e. The highest BCUT2D eigenvalue weighted by molar-refractivity contribution is 6.08. The molecular weight excluding hydrogens is 392 g/mol. The van der Waals surface area contributed by atoms with Gasteiger partial charge in [-0.15, -0.1) is 0 Å². The summed E-state index contributed by atoms with van der Waals surface area (Å²) in [7, 11) is 0. The molecule has 0 bridgehead atoms. The molecule has 0 spiro atoms. The lowest BCUT2D eigenvalue weighted by Gasteiger charge is -2.18. The van der Waals surface area contributed by atoms with Gasteiger partial charge in [-0.25, -0.2) is 4.98 Å². The predicted molar refractivity (Wildman–Crippen MR) is 132 cm³/mol. The number of benzene rings is 2. The van der Waals surface area contributed by atoms with Crippen LogP contribution in [0.3, 0.4) is 0 Å². The molecule has 0 saturated heterocycles. The second-order valence-electron chi connectivity index (χ2n) is 9.13. The molecule has 0 saturated carbocycles. The number of fused-ring (bicyclic) bond motifs is 3. The van der Waals surface area contributed by atoms with E-state index >= 15 is 0 Å². The van der Waals surface area contributed by atoms with Crippen molar-refractivity contribution in [3.8, 4) is 11.3 Å². The fourth-order valence-electron chi connectivity index (χ4n) is 3.99. The second kappa shape index (κ2) is 7.90. The molecule has 3 heteroatoms. The number of hydrogen-bond donors (Lipinski definition) is 0. The highest BCUT2D eigenvalue weighted by atomic mass is 16.3. The monoisotopic (exact) mass is 425 g/mol. The molecule has 32 heavy (non-hydrogen) atoms. The SMILES string of the molecule is [2H]C([2H])([2H])c1ccc2c(n1)oc1c(-c3cc(Cc4ccc(C([2H])([2H])C(C)(C)C)cc4)ccn3)cccc12. The van der Waals surface area contributed by atoms with Crippen LogP contribution in [0.4, 0.5) is 0 Å². The molecule has 160 valence electrons. The molecule has 0 N–H and O–H groups in total. The maximum absolute atomic E-state index is 8.50. The van der Waals surface area contributed by atoms with E-state index in [4.69, 9.17) is 11.3 Å². The Bertz CT molecular complexity index is 1600. The number of nitrogens with zero attached hydrogens (tertiary/aromatic N) is 2. The summed E-state index contributed by atoms with van der Waals surface area (Å²) in [5, 5.41) is 1.62. The van der Waals surface area contributed by atoms with Gasteiger partial charge in [0, 0.05) is 35.1 Å². The first-order valence-corrected chi connectivity index (χ1v) is 10.7. The number of aryl methyl sites for hydroxylation is 1. The van der Waals surface area contributed by atoms with E-state index < -0.39 is 18.6 Å². The number of hydrogen-bond acceptors (Lipinski definition) is 3. The minimum atomic E-state index is -2.31. The van der Waals surface area contributed by atoms with Gasteiger partial charge >= 0.3 is 0 Å². The van der Waals surface area contributed by atoms with Crippen molar-refractivity contribution < 1.29 is 11.3 Å². The zero-order chi connectivity index (χ0) is 26.6.